The number of H-pyrrole nitrogens is 1. The largest absolute Gasteiger partial charge is 0.342 e. The van der Waals surface area contributed by atoms with E-state index in [4.69, 9.17) is 5.26 Å². The Kier molecular flexibility index (Phi) is 3.81. The van der Waals surface area contributed by atoms with E-state index in [0.29, 0.717) is 6.42 Å². The molecule has 0 saturated heterocycles. The number of carbonyl (C=O) groups excluding carboxylic acids is 1. The summed E-state index contributed by atoms with van der Waals surface area (Å²) >= 11 is 0. The smallest absolute Gasteiger partial charge is 0.228 e. The number of nitrogens with one attached hydrogen (secondary N) is 1. The van der Waals surface area contributed by atoms with Crippen LogP contribution >= 0.6 is 0 Å². The first kappa shape index (κ1) is 13.1. The number of fused-ring (bicyclic) bond motifs is 1. The summed E-state index contributed by atoms with van der Waals surface area (Å²) < 4.78 is 0. The number of amides is 1. The number of carbonyl (C=O) groups is 1. The summed E-state index contributed by atoms with van der Waals surface area (Å²) in [6.07, 6.45) is 0.610. The van der Waals surface area contributed by atoms with Gasteiger partial charge in [-0.2, -0.15) is 10.4 Å². The molecule has 1 unspecified atom stereocenters. The summed E-state index contributed by atoms with van der Waals surface area (Å²) in [5.74, 6) is -0.0165. The Labute approximate surface area is 111 Å². The second-order valence-corrected chi connectivity index (χ2v) is 4.61. The number of aromatic amines is 1. The highest BCUT2D eigenvalue weighted by atomic mass is 16.2. The van der Waals surface area contributed by atoms with Crippen LogP contribution < -0.4 is 0 Å². The summed E-state index contributed by atoms with van der Waals surface area (Å²) in [6, 6.07) is 9.69. The van der Waals surface area contributed by atoms with E-state index >= 15 is 0 Å². The fourth-order valence-corrected chi connectivity index (χ4v) is 1.94. The molecule has 98 valence electrons. The first-order chi connectivity index (χ1) is 9.13. The topological polar surface area (TPSA) is 72.8 Å². The minimum atomic E-state index is -0.0771. The van der Waals surface area contributed by atoms with Gasteiger partial charge in [-0.15, -0.1) is 0 Å². The van der Waals surface area contributed by atoms with Crippen molar-refractivity contribution in [3.63, 3.8) is 0 Å². The molecule has 2 aromatic rings. The van der Waals surface area contributed by atoms with Crippen LogP contribution in [0.25, 0.3) is 10.9 Å². The van der Waals surface area contributed by atoms with Crippen molar-refractivity contribution in [2.24, 2.45) is 0 Å². The molecule has 0 fully saturated rings. The fraction of sp³-hybridized carbons (Fsp3) is 0.357. The molecule has 1 heterocycles. The highest BCUT2D eigenvalue weighted by molar-refractivity contribution is 5.87. The fourth-order valence-electron chi connectivity index (χ4n) is 1.94. The van der Waals surface area contributed by atoms with Crippen molar-refractivity contribution in [3.05, 3.63) is 30.0 Å². The minimum absolute atomic E-state index is 0.0165. The number of nitriles is 1. The molecule has 0 radical (unpaired) electrons. The maximum absolute atomic E-state index is 12.1. The molecule has 0 saturated carbocycles. The van der Waals surface area contributed by atoms with Gasteiger partial charge in [-0.3, -0.25) is 9.89 Å². The number of benzene rings is 1. The summed E-state index contributed by atoms with van der Waals surface area (Å²) in [4.78, 5) is 13.7. The third-order valence-corrected chi connectivity index (χ3v) is 3.31. The maximum atomic E-state index is 12.1. The first-order valence-corrected chi connectivity index (χ1v) is 6.18. The van der Waals surface area contributed by atoms with E-state index in [1.807, 2.05) is 31.2 Å². The Balaban J connectivity index is 2.13. The predicted molar refractivity (Wildman–Crippen MR) is 72.3 cm³/mol. The van der Waals surface area contributed by atoms with Gasteiger partial charge in [0.15, 0.2) is 0 Å². The average Bonchev–Trinajstić information content (AvgIpc) is 2.81. The van der Waals surface area contributed by atoms with Gasteiger partial charge < -0.3 is 4.90 Å². The minimum Gasteiger partial charge on any atom is -0.342 e. The highest BCUT2D eigenvalue weighted by Gasteiger charge is 2.17. The monoisotopic (exact) mass is 256 g/mol. The summed E-state index contributed by atoms with van der Waals surface area (Å²) in [6.45, 7) is 1.87. The van der Waals surface area contributed by atoms with Gasteiger partial charge >= 0.3 is 0 Å². The number of nitrogens with zero attached hydrogens (tertiary/aromatic N) is 3. The Morgan fingerprint density at radius 1 is 1.53 bits per heavy atom. The molecule has 0 bridgehead atoms. The van der Waals surface area contributed by atoms with E-state index in [0.717, 1.165) is 16.6 Å². The van der Waals surface area contributed by atoms with Crippen molar-refractivity contribution in [1.29, 1.82) is 5.26 Å². The quantitative estimate of drug-likeness (QED) is 0.907. The standard InChI is InChI=1S/C14H16N4O/c1-10(7-8-15)18(2)14(19)9-13-11-5-3-4-6-12(11)16-17-13/h3-6,10H,7,9H2,1-2H3,(H,16,17). The molecule has 1 aromatic carbocycles. The van der Waals surface area contributed by atoms with Gasteiger partial charge in [0.2, 0.25) is 5.91 Å². The van der Waals surface area contributed by atoms with Gasteiger partial charge in [0.25, 0.3) is 0 Å². The van der Waals surface area contributed by atoms with Crippen molar-refractivity contribution in [3.8, 4) is 6.07 Å². The van der Waals surface area contributed by atoms with E-state index < -0.39 is 0 Å². The van der Waals surface area contributed by atoms with E-state index in [9.17, 15) is 4.79 Å². The number of rotatable bonds is 4. The molecule has 1 amide bonds. The van der Waals surface area contributed by atoms with Crippen LogP contribution in [0.15, 0.2) is 24.3 Å². The third kappa shape index (κ3) is 2.74. The molecule has 1 aromatic heterocycles. The molecule has 0 aliphatic heterocycles. The van der Waals surface area contributed by atoms with Crippen LogP contribution in [0.1, 0.15) is 19.0 Å². The van der Waals surface area contributed by atoms with E-state index in [2.05, 4.69) is 16.3 Å². The van der Waals surface area contributed by atoms with Crippen LogP contribution in [-0.4, -0.2) is 34.1 Å². The average molecular weight is 256 g/mol. The molecule has 1 N–H and O–H groups in total. The van der Waals surface area contributed by atoms with Gasteiger partial charge in [-0.25, -0.2) is 0 Å². The van der Waals surface area contributed by atoms with Gasteiger partial charge in [0, 0.05) is 18.5 Å². The molecular weight excluding hydrogens is 240 g/mol. The van der Waals surface area contributed by atoms with Crippen molar-refractivity contribution >= 4 is 16.8 Å². The number of aromatic nitrogens is 2. The Morgan fingerprint density at radius 3 is 3.00 bits per heavy atom. The zero-order chi connectivity index (χ0) is 13.8. The molecule has 0 spiro atoms. The second kappa shape index (κ2) is 5.53. The van der Waals surface area contributed by atoms with Gasteiger partial charge in [0.1, 0.15) is 0 Å². The lowest BCUT2D eigenvalue weighted by molar-refractivity contribution is -0.130. The van der Waals surface area contributed by atoms with Crippen LogP contribution in [0.4, 0.5) is 0 Å². The zero-order valence-corrected chi connectivity index (χ0v) is 11.1. The van der Waals surface area contributed by atoms with E-state index in [1.165, 1.54) is 0 Å². The zero-order valence-electron chi connectivity index (χ0n) is 11.1. The lowest BCUT2D eigenvalue weighted by Gasteiger charge is -2.22. The SMILES string of the molecule is CC(CC#N)N(C)C(=O)Cc1[nH]nc2ccccc12. The van der Waals surface area contributed by atoms with Crippen LogP contribution in [0.3, 0.4) is 0 Å². The lowest BCUT2D eigenvalue weighted by atomic mass is 10.1. The molecule has 19 heavy (non-hydrogen) atoms. The van der Waals surface area contributed by atoms with Crippen molar-refractivity contribution in [1.82, 2.24) is 15.1 Å². The molecule has 0 aliphatic rings. The van der Waals surface area contributed by atoms with Crippen molar-refractivity contribution in [2.45, 2.75) is 25.8 Å². The molecule has 1 atom stereocenters. The van der Waals surface area contributed by atoms with Crippen LogP contribution in [0, 0.1) is 11.3 Å². The summed E-state index contributed by atoms with van der Waals surface area (Å²) in [7, 11) is 1.73. The molecule has 0 aliphatic carbocycles. The predicted octanol–water partition coefficient (Wildman–Crippen LogP) is 1.87. The third-order valence-electron chi connectivity index (χ3n) is 3.31. The van der Waals surface area contributed by atoms with Crippen molar-refractivity contribution < 1.29 is 4.79 Å². The number of para-hydroxylation sites is 1. The first-order valence-electron chi connectivity index (χ1n) is 6.18. The molecule has 5 nitrogen and oxygen atoms in total. The maximum Gasteiger partial charge on any atom is 0.228 e. The van der Waals surface area contributed by atoms with Crippen LogP contribution in [0.5, 0.6) is 0 Å². The van der Waals surface area contributed by atoms with Crippen LogP contribution in [0.2, 0.25) is 0 Å². The highest BCUT2D eigenvalue weighted by Crippen LogP contribution is 2.16. The number of hydrogen-bond acceptors (Lipinski definition) is 3. The Bertz CT molecular complexity index is 626. The molecule has 5 heteroatoms. The normalized spacial score (nSPS) is 12.1. The second-order valence-electron chi connectivity index (χ2n) is 4.61. The van der Waals surface area contributed by atoms with Gasteiger partial charge in [-0.1, -0.05) is 18.2 Å². The molecular formula is C14H16N4O. The van der Waals surface area contributed by atoms with Crippen molar-refractivity contribution in [2.75, 3.05) is 7.05 Å². The Morgan fingerprint density at radius 2 is 2.26 bits per heavy atom. The van der Waals surface area contributed by atoms with Crippen LogP contribution in [-0.2, 0) is 11.2 Å². The summed E-state index contributed by atoms with van der Waals surface area (Å²) in [5.41, 5.74) is 1.68. The molecule has 2 rings (SSSR count). The van der Waals surface area contributed by atoms with Gasteiger partial charge in [-0.05, 0) is 13.0 Å². The van der Waals surface area contributed by atoms with E-state index in [-0.39, 0.29) is 18.4 Å². The lowest BCUT2D eigenvalue weighted by Crippen LogP contribution is -2.35. The summed E-state index contributed by atoms with van der Waals surface area (Å²) in [5, 5.41) is 16.7. The van der Waals surface area contributed by atoms with Gasteiger partial charge in [0.05, 0.1) is 30.1 Å². The number of likely N-dealkylation sites (N-methyl/N-ethyl adjacent to an activating group) is 1. The Hall–Kier alpha value is -2.35. The number of hydrogen-bond donors (Lipinski definition) is 1. The van der Waals surface area contributed by atoms with E-state index in [1.54, 1.807) is 11.9 Å².